The van der Waals surface area contributed by atoms with Gasteiger partial charge >= 0.3 is 0 Å². The van der Waals surface area contributed by atoms with Gasteiger partial charge in [0.2, 0.25) is 0 Å². The second-order valence-electron chi connectivity index (χ2n) is 6.69. The van der Waals surface area contributed by atoms with Crippen LogP contribution in [0.15, 0.2) is 84.0 Å². The second kappa shape index (κ2) is 8.31. The van der Waals surface area contributed by atoms with Gasteiger partial charge in [-0.3, -0.25) is 4.79 Å². The van der Waals surface area contributed by atoms with E-state index in [0.717, 1.165) is 33.1 Å². The Morgan fingerprint density at radius 3 is 2.39 bits per heavy atom. The van der Waals surface area contributed by atoms with Crippen molar-refractivity contribution in [2.45, 2.75) is 17.5 Å². The number of aromatic nitrogens is 2. The fraction of sp³-hybridized carbons (Fsp3) is 0.130. The first-order valence-corrected chi connectivity index (χ1v) is 10.1. The minimum atomic E-state index is 0.0281. The third-order valence-electron chi connectivity index (χ3n) is 4.55. The standard InChI is InChI=1S/C23H21N3OS/c1-26(15-17-7-3-2-4-8-17)22(27)19-13-11-18(12-14-19)16-28-23-24-20-9-5-6-10-21(20)25-23/h2-14H,15-16H2,1H3,(H,24,25). The molecule has 0 aliphatic carbocycles. The molecule has 0 aliphatic heterocycles. The van der Waals surface area contributed by atoms with Gasteiger partial charge in [-0.25, -0.2) is 4.98 Å². The summed E-state index contributed by atoms with van der Waals surface area (Å²) in [5, 5.41) is 0.906. The number of para-hydroxylation sites is 2. The van der Waals surface area contributed by atoms with Crippen molar-refractivity contribution in [2.24, 2.45) is 0 Å². The average molecular weight is 388 g/mol. The molecule has 0 aliphatic rings. The first-order chi connectivity index (χ1) is 13.7. The quantitative estimate of drug-likeness (QED) is 0.467. The Morgan fingerprint density at radius 1 is 0.929 bits per heavy atom. The number of fused-ring (bicyclic) bond motifs is 1. The SMILES string of the molecule is CN(Cc1ccccc1)C(=O)c1ccc(CSc2nc3ccccc3[nH]2)cc1. The molecular formula is C23H21N3OS. The lowest BCUT2D eigenvalue weighted by Gasteiger charge is -2.17. The number of carbonyl (C=O) groups is 1. The van der Waals surface area contributed by atoms with Crippen LogP contribution < -0.4 is 0 Å². The number of hydrogen-bond acceptors (Lipinski definition) is 3. The van der Waals surface area contributed by atoms with Gasteiger partial charge < -0.3 is 9.88 Å². The topological polar surface area (TPSA) is 49.0 Å². The largest absolute Gasteiger partial charge is 0.337 e. The molecule has 28 heavy (non-hydrogen) atoms. The van der Waals surface area contributed by atoms with Crippen molar-refractivity contribution in [3.8, 4) is 0 Å². The van der Waals surface area contributed by atoms with Crippen LogP contribution in [0, 0.1) is 0 Å². The van der Waals surface area contributed by atoms with E-state index in [0.29, 0.717) is 12.1 Å². The zero-order valence-electron chi connectivity index (χ0n) is 15.6. The van der Waals surface area contributed by atoms with Gasteiger partial charge in [-0.2, -0.15) is 0 Å². The summed E-state index contributed by atoms with van der Waals surface area (Å²) in [5.74, 6) is 0.828. The van der Waals surface area contributed by atoms with E-state index < -0.39 is 0 Å². The number of rotatable bonds is 6. The lowest BCUT2D eigenvalue weighted by molar-refractivity contribution is 0.0785. The van der Waals surface area contributed by atoms with Crippen LogP contribution in [0.1, 0.15) is 21.5 Å². The van der Waals surface area contributed by atoms with Crippen LogP contribution in [0.25, 0.3) is 11.0 Å². The molecule has 1 N–H and O–H groups in total. The van der Waals surface area contributed by atoms with E-state index in [1.807, 2.05) is 85.9 Å². The number of imidazole rings is 1. The molecular weight excluding hydrogens is 366 g/mol. The minimum absolute atomic E-state index is 0.0281. The fourth-order valence-electron chi connectivity index (χ4n) is 3.04. The van der Waals surface area contributed by atoms with Crippen LogP contribution >= 0.6 is 11.8 Å². The van der Waals surface area contributed by atoms with Crippen LogP contribution in [0.4, 0.5) is 0 Å². The summed E-state index contributed by atoms with van der Waals surface area (Å²) in [6.07, 6.45) is 0. The summed E-state index contributed by atoms with van der Waals surface area (Å²) in [7, 11) is 1.83. The van der Waals surface area contributed by atoms with Crippen LogP contribution in [0.5, 0.6) is 0 Å². The maximum Gasteiger partial charge on any atom is 0.253 e. The predicted molar refractivity (Wildman–Crippen MR) is 114 cm³/mol. The highest BCUT2D eigenvalue weighted by Crippen LogP contribution is 2.23. The molecule has 0 radical (unpaired) electrons. The van der Waals surface area contributed by atoms with Gasteiger partial charge in [-0.1, -0.05) is 66.4 Å². The molecule has 4 nitrogen and oxygen atoms in total. The van der Waals surface area contributed by atoms with Crippen LogP contribution in [-0.2, 0) is 12.3 Å². The summed E-state index contributed by atoms with van der Waals surface area (Å²) >= 11 is 1.66. The van der Waals surface area contributed by atoms with Crippen molar-refractivity contribution in [2.75, 3.05) is 7.05 Å². The number of benzene rings is 3. The van der Waals surface area contributed by atoms with E-state index in [1.54, 1.807) is 16.7 Å². The summed E-state index contributed by atoms with van der Waals surface area (Å²) in [6, 6.07) is 25.9. The normalized spacial score (nSPS) is 10.9. The van der Waals surface area contributed by atoms with E-state index in [2.05, 4.69) is 9.97 Å². The zero-order valence-corrected chi connectivity index (χ0v) is 16.4. The molecule has 0 spiro atoms. The van der Waals surface area contributed by atoms with E-state index in [9.17, 15) is 4.79 Å². The molecule has 1 amide bonds. The van der Waals surface area contributed by atoms with Crippen molar-refractivity contribution in [1.29, 1.82) is 0 Å². The first-order valence-electron chi connectivity index (χ1n) is 9.15. The molecule has 0 bridgehead atoms. The minimum Gasteiger partial charge on any atom is -0.337 e. The van der Waals surface area contributed by atoms with E-state index in [1.165, 1.54) is 0 Å². The van der Waals surface area contributed by atoms with Gasteiger partial charge in [0.25, 0.3) is 5.91 Å². The highest BCUT2D eigenvalue weighted by molar-refractivity contribution is 7.98. The Labute approximate surface area is 168 Å². The number of aromatic amines is 1. The highest BCUT2D eigenvalue weighted by atomic mass is 32.2. The number of nitrogens with one attached hydrogen (secondary N) is 1. The number of amides is 1. The van der Waals surface area contributed by atoms with Crippen LogP contribution in [0.2, 0.25) is 0 Å². The van der Waals surface area contributed by atoms with E-state index in [-0.39, 0.29) is 5.91 Å². The molecule has 0 unspecified atom stereocenters. The summed E-state index contributed by atoms with van der Waals surface area (Å²) in [4.78, 5) is 22.3. The maximum absolute atomic E-state index is 12.6. The molecule has 0 saturated carbocycles. The lowest BCUT2D eigenvalue weighted by Crippen LogP contribution is -2.26. The summed E-state index contributed by atoms with van der Waals surface area (Å²) in [5.41, 5.74) is 5.01. The lowest BCUT2D eigenvalue weighted by atomic mass is 10.1. The first kappa shape index (κ1) is 18.3. The molecule has 140 valence electrons. The van der Waals surface area contributed by atoms with Gasteiger partial charge in [0.15, 0.2) is 5.16 Å². The van der Waals surface area contributed by atoms with Crippen molar-refractivity contribution in [1.82, 2.24) is 14.9 Å². The van der Waals surface area contributed by atoms with Gasteiger partial charge in [-0.05, 0) is 35.4 Å². The number of nitrogens with zero attached hydrogens (tertiary/aromatic N) is 2. The third-order valence-corrected chi connectivity index (χ3v) is 5.50. The van der Waals surface area contributed by atoms with Crippen molar-refractivity contribution < 1.29 is 4.79 Å². The molecule has 4 rings (SSSR count). The average Bonchev–Trinajstić information content (AvgIpc) is 3.16. The van der Waals surface area contributed by atoms with Gasteiger partial charge in [0, 0.05) is 24.9 Å². The van der Waals surface area contributed by atoms with Gasteiger partial charge in [0.1, 0.15) is 0 Å². The zero-order chi connectivity index (χ0) is 19.3. The van der Waals surface area contributed by atoms with Gasteiger partial charge in [0.05, 0.1) is 11.0 Å². The summed E-state index contributed by atoms with van der Waals surface area (Å²) in [6.45, 7) is 0.601. The molecule has 0 atom stereocenters. The molecule has 0 saturated heterocycles. The van der Waals surface area contributed by atoms with Gasteiger partial charge in [-0.15, -0.1) is 0 Å². The Balaban J connectivity index is 1.37. The molecule has 1 heterocycles. The Bertz CT molecular complexity index is 1040. The summed E-state index contributed by atoms with van der Waals surface area (Å²) < 4.78 is 0. The molecule has 5 heteroatoms. The van der Waals surface area contributed by atoms with Crippen LogP contribution in [0.3, 0.4) is 0 Å². The molecule has 4 aromatic rings. The third kappa shape index (κ3) is 4.26. The monoisotopic (exact) mass is 387 g/mol. The molecule has 1 aromatic heterocycles. The number of H-pyrrole nitrogens is 1. The Morgan fingerprint density at radius 2 is 1.64 bits per heavy atom. The van der Waals surface area contributed by atoms with Crippen LogP contribution in [-0.4, -0.2) is 27.8 Å². The number of carbonyl (C=O) groups excluding carboxylic acids is 1. The molecule has 0 fully saturated rings. The highest BCUT2D eigenvalue weighted by Gasteiger charge is 2.12. The van der Waals surface area contributed by atoms with Crippen molar-refractivity contribution in [3.63, 3.8) is 0 Å². The predicted octanol–water partition coefficient (Wildman–Crippen LogP) is 5.13. The van der Waals surface area contributed by atoms with E-state index in [4.69, 9.17) is 0 Å². The fourth-order valence-corrected chi connectivity index (χ4v) is 3.88. The smallest absolute Gasteiger partial charge is 0.253 e. The van der Waals surface area contributed by atoms with Crippen molar-refractivity contribution in [3.05, 3.63) is 95.6 Å². The maximum atomic E-state index is 12.6. The van der Waals surface area contributed by atoms with E-state index >= 15 is 0 Å². The van der Waals surface area contributed by atoms with Crippen molar-refractivity contribution >= 4 is 28.7 Å². The molecule has 3 aromatic carbocycles. The second-order valence-corrected chi connectivity index (χ2v) is 7.66. The number of thioether (sulfide) groups is 1. The number of hydrogen-bond donors (Lipinski definition) is 1. The Kier molecular flexibility index (Phi) is 5.44. The Hall–Kier alpha value is -3.05.